The number of benzene rings is 2. The van der Waals surface area contributed by atoms with Crippen LogP contribution in [-0.4, -0.2) is 18.4 Å². The summed E-state index contributed by atoms with van der Waals surface area (Å²) < 4.78 is 39.6. The molecule has 0 aliphatic heterocycles. The topological polar surface area (TPSA) is 82.0 Å². The van der Waals surface area contributed by atoms with Crippen LogP contribution in [0.2, 0.25) is 0 Å². The van der Waals surface area contributed by atoms with E-state index in [1.54, 1.807) is 6.07 Å². The number of nitriles is 1. The van der Waals surface area contributed by atoms with Crippen molar-refractivity contribution in [3.63, 3.8) is 0 Å². The van der Waals surface area contributed by atoms with E-state index in [-0.39, 0.29) is 11.1 Å². The fourth-order valence-corrected chi connectivity index (χ4v) is 2.02. The van der Waals surface area contributed by atoms with E-state index in [0.29, 0.717) is 6.07 Å². The van der Waals surface area contributed by atoms with E-state index < -0.39 is 41.9 Å². The zero-order valence-corrected chi connectivity index (χ0v) is 12.7. The Balaban J connectivity index is 1.96. The van der Waals surface area contributed by atoms with Gasteiger partial charge in [0.2, 0.25) is 5.91 Å². The molecule has 0 saturated heterocycles. The average Bonchev–Trinajstić information content (AvgIpc) is 2.58. The van der Waals surface area contributed by atoms with Crippen molar-refractivity contribution in [2.45, 2.75) is 6.04 Å². The van der Waals surface area contributed by atoms with Crippen LogP contribution in [-0.2, 0) is 4.79 Å². The van der Waals surface area contributed by atoms with Gasteiger partial charge in [-0.2, -0.15) is 5.26 Å². The number of hydrogen-bond donors (Lipinski definition) is 2. The smallest absolute Gasteiger partial charge is 0.251 e. The number of carbonyl (C=O) groups excluding carboxylic acids is 2. The Kier molecular flexibility index (Phi) is 5.74. The number of hydrogen-bond acceptors (Lipinski definition) is 3. The van der Waals surface area contributed by atoms with Crippen LogP contribution in [0.5, 0.6) is 0 Å². The molecule has 1 atom stereocenters. The van der Waals surface area contributed by atoms with E-state index in [1.807, 2.05) is 0 Å². The zero-order chi connectivity index (χ0) is 18.4. The van der Waals surface area contributed by atoms with Gasteiger partial charge in [0.1, 0.15) is 23.5 Å². The standard InChI is InChI=1S/C17H12F3N3O2/c18-11-3-1-2-10(6-11)17(25)22-9-16(24)23-15(8-21)13-5-4-12(19)7-14(13)20/h1-7,15H,9H2,(H,22,25)(H,23,24)/t15-/m0/s1. The lowest BCUT2D eigenvalue weighted by molar-refractivity contribution is -0.120. The fourth-order valence-electron chi connectivity index (χ4n) is 2.02. The molecule has 0 aliphatic rings. The van der Waals surface area contributed by atoms with Gasteiger partial charge >= 0.3 is 0 Å². The molecule has 0 saturated carbocycles. The zero-order valence-electron chi connectivity index (χ0n) is 12.7. The molecule has 2 rings (SSSR count). The predicted molar refractivity (Wildman–Crippen MR) is 81.6 cm³/mol. The van der Waals surface area contributed by atoms with Crippen LogP contribution in [0, 0.1) is 28.8 Å². The summed E-state index contributed by atoms with van der Waals surface area (Å²) in [7, 11) is 0. The summed E-state index contributed by atoms with van der Waals surface area (Å²) >= 11 is 0. The third-order valence-corrected chi connectivity index (χ3v) is 3.20. The van der Waals surface area contributed by atoms with Crippen LogP contribution < -0.4 is 10.6 Å². The van der Waals surface area contributed by atoms with Gasteiger partial charge in [0.25, 0.3) is 5.91 Å². The predicted octanol–water partition coefficient (Wildman–Crippen LogP) is 2.21. The lowest BCUT2D eigenvalue weighted by Gasteiger charge is -2.13. The molecule has 0 unspecified atom stereocenters. The van der Waals surface area contributed by atoms with Gasteiger partial charge in [-0.1, -0.05) is 12.1 Å². The third-order valence-electron chi connectivity index (χ3n) is 3.20. The normalized spacial score (nSPS) is 11.3. The average molecular weight is 347 g/mol. The highest BCUT2D eigenvalue weighted by Crippen LogP contribution is 2.17. The second kappa shape index (κ2) is 7.97. The van der Waals surface area contributed by atoms with Crippen LogP contribution >= 0.6 is 0 Å². The first-order chi connectivity index (χ1) is 11.9. The molecule has 0 spiro atoms. The van der Waals surface area contributed by atoms with Crippen molar-refractivity contribution in [3.8, 4) is 6.07 Å². The molecule has 0 bridgehead atoms. The van der Waals surface area contributed by atoms with Crippen LogP contribution in [0.25, 0.3) is 0 Å². The first kappa shape index (κ1) is 18.0. The molecule has 25 heavy (non-hydrogen) atoms. The molecule has 0 radical (unpaired) electrons. The molecule has 2 N–H and O–H groups in total. The Hall–Kier alpha value is -3.34. The van der Waals surface area contributed by atoms with Crippen molar-refractivity contribution < 1.29 is 22.8 Å². The summed E-state index contributed by atoms with van der Waals surface area (Å²) in [5, 5.41) is 13.5. The van der Waals surface area contributed by atoms with Crippen LogP contribution in [0.3, 0.4) is 0 Å². The minimum Gasteiger partial charge on any atom is -0.343 e. The van der Waals surface area contributed by atoms with Crippen molar-refractivity contribution in [1.29, 1.82) is 5.26 Å². The van der Waals surface area contributed by atoms with Gasteiger partial charge in [0, 0.05) is 17.2 Å². The van der Waals surface area contributed by atoms with Crippen LogP contribution in [0.4, 0.5) is 13.2 Å². The molecule has 2 aromatic rings. The van der Waals surface area contributed by atoms with Gasteiger partial charge in [-0.05, 0) is 24.3 Å². The van der Waals surface area contributed by atoms with Crippen LogP contribution in [0.1, 0.15) is 22.0 Å². The molecule has 0 heterocycles. The van der Waals surface area contributed by atoms with Gasteiger partial charge in [0.05, 0.1) is 12.6 Å². The van der Waals surface area contributed by atoms with Crippen LogP contribution in [0.15, 0.2) is 42.5 Å². The Morgan fingerprint density at radius 2 is 1.80 bits per heavy atom. The Morgan fingerprint density at radius 1 is 1.08 bits per heavy atom. The Labute approximate surface area is 141 Å². The van der Waals surface area contributed by atoms with E-state index in [1.165, 1.54) is 12.1 Å². The van der Waals surface area contributed by atoms with E-state index in [2.05, 4.69) is 10.6 Å². The fraction of sp³-hybridized carbons (Fsp3) is 0.118. The third kappa shape index (κ3) is 4.81. The van der Waals surface area contributed by atoms with Crippen molar-refractivity contribution >= 4 is 11.8 Å². The summed E-state index contributed by atoms with van der Waals surface area (Å²) in [5.74, 6) is -3.84. The van der Waals surface area contributed by atoms with E-state index >= 15 is 0 Å². The molecule has 2 aromatic carbocycles. The summed E-state index contributed by atoms with van der Waals surface area (Å²) in [5.41, 5.74) is -0.178. The number of halogens is 3. The molecular weight excluding hydrogens is 335 g/mol. The lowest BCUT2D eigenvalue weighted by Crippen LogP contribution is -2.38. The summed E-state index contributed by atoms with van der Waals surface area (Å²) in [6.45, 7) is -0.504. The highest BCUT2D eigenvalue weighted by atomic mass is 19.1. The van der Waals surface area contributed by atoms with Gasteiger partial charge in [-0.15, -0.1) is 0 Å². The number of carbonyl (C=O) groups is 2. The monoisotopic (exact) mass is 347 g/mol. The van der Waals surface area contributed by atoms with E-state index in [4.69, 9.17) is 5.26 Å². The van der Waals surface area contributed by atoms with Crippen molar-refractivity contribution in [2.24, 2.45) is 0 Å². The van der Waals surface area contributed by atoms with Gasteiger partial charge in [0.15, 0.2) is 0 Å². The maximum Gasteiger partial charge on any atom is 0.251 e. The first-order valence-corrected chi connectivity index (χ1v) is 7.08. The second-order valence-corrected chi connectivity index (χ2v) is 4.99. The maximum absolute atomic E-state index is 13.7. The SMILES string of the molecule is N#C[C@H](NC(=O)CNC(=O)c1cccc(F)c1)c1ccc(F)cc1F. The minimum absolute atomic E-state index is 0.0224. The van der Waals surface area contributed by atoms with Crippen molar-refractivity contribution in [2.75, 3.05) is 6.54 Å². The second-order valence-electron chi connectivity index (χ2n) is 4.99. The molecule has 2 amide bonds. The number of rotatable bonds is 5. The summed E-state index contributed by atoms with van der Waals surface area (Å²) in [4.78, 5) is 23.6. The number of amides is 2. The molecule has 0 aromatic heterocycles. The van der Waals surface area contributed by atoms with Crippen molar-refractivity contribution in [1.82, 2.24) is 10.6 Å². The van der Waals surface area contributed by atoms with Gasteiger partial charge in [-0.3, -0.25) is 9.59 Å². The highest BCUT2D eigenvalue weighted by molar-refractivity contribution is 5.96. The first-order valence-electron chi connectivity index (χ1n) is 7.08. The highest BCUT2D eigenvalue weighted by Gasteiger charge is 2.18. The molecule has 128 valence electrons. The maximum atomic E-state index is 13.7. The number of nitrogens with zero attached hydrogens (tertiary/aromatic N) is 1. The lowest BCUT2D eigenvalue weighted by atomic mass is 10.1. The summed E-state index contributed by atoms with van der Waals surface area (Å²) in [6.07, 6.45) is 0. The van der Waals surface area contributed by atoms with Gasteiger partial charge < -0.3 is 10.6 Å². The van der Waals surface area contributed by atoms with E-state index in [9.17, 15) is 22.8 Å². The van der Waals surface area contributed by atoms with Gasteiger partial charge in [-0.25, -0.2) is 13.2 Å². The Bertz CT molecular complexity index is 849. The minimum atomic E-state index is -1.35. The van der Waals surface area contributed by atoms with E-state index in [0.717, 1.165) is 24.3 Å². The molecule has 0 aliphatic carbocycles. The largest absolute Gasteiger partial charge is 0.343 e. The summed E-state index contributed by atoms with van der Waals surface area (Å²) in [6, 6.07) is 7.80. The Morgan fingerprint density at radius 3 is 2.44 bits per heavy atom. The molecular formula is C17H12F3N3O2. The molecule has 8 heteroatoms. The van der Waals surface area contributed by atoms with Crippen molar-refractivity contribution in [3.05, 3.63) is 71.0 Å². The molecule has 0 fully saturated rings. The quantitative estimate of drug-likeness (QED) is 0.870. The number of nitrogens with one attached hydrogen (secondary N) is 2. The molecule has 5 nitrogen and oxygen atoms in total.